The number of H-pyrrole nitrogens is 1. The summed E-state index contributed by atoms with van der Waals surface area (Å²) in [6.07, 6.45) is 0. The van der Waals surface area contributed by atoms with Gasteiger partial charge < -0.3 is 10.3 Å². The highest BCUT2D eigenvalue weighted by atomic mass is 32.1. The molecule has 7 heteroatoms. The van der Waals surface area contributed by atoms with Gasteiger partial charge in [-0.05, 0) is 35.6 Å². The highest BCUT2D eigenvalue weighted by Crippen LogP contribution is 2.25. The largest absolute Gasteiger partial charge is 0.341 e. The van der Waals surface area contributed by atoms with Crippen molar-refractivity contribution in [1.82, 2.24) is 25.1 Å². The maximum absolute atomic E-state index is 12.9. The molecule has 138 valence electrons. The van der Waals surface area contributed by atoms with E-state index in [1.807, 2.05) is 47.8 Å². The molecule has 6 nitrogen and oxygen atoms in total. The van der Waals surface area contributed by atoms with Gasteiger partial charge in [0, 0.05) is 7.05 Å². The summed E-state index contributed by atoms with van der Waals surface area (Å²) in [4.78, 5) is 22.0. The number of hydrogen-bond donors (Lipinski definition) is 2. The van der Waals surface area contributed by atoms with Gasteiger partial charge in [0.1, 0.15) is 17.2 Å². The first-order chi connectivity index (χ1) is 13.0. The van der Waals surface area contributed by atoms with Crippen LogP contribution < -0.4 is 5.32 Å². The molecule has 0 saturated heterocycles. The Morgan fingerprint density at radius 3 is 2.74 bits per heavy atom. The normalized spacial score (nSPS) is 12.6. The van der Waals surface area contributed by atoms with E-state index in [-0.39, 0.29) is 17.9 Å². The number of benzene rings is 1. The molecular formula is C20H21N5OS. The second kappa shape index (κ2) is 7.00. The molecule has 0 aliphatic heterocycles. The lowest BCUT2D eigenvalue weighted by Gasteiger charge is -2.20. The Hall–Kier alpha value is -2.93. The van der Waals surface area contributed by atoms with Crippen molar-refractivity contribution in [1.29, 1.82) is 0 Å². The monoisotopic (exact) mass is 379 g/mol. The molecule has 1 atom stereocenters. The highest BCUT2D eigenvalue weighted by Gasteiger charge is 2.24. The van der Waals surface area contributed by atoms with Gasteiger partial charge in [0.2, 0.25) is 0 Å². The Kier molecular flexibility index (Phi) is 4.53. The van der Waals surface area contributed by atoms with Crippen LogP contribution in [-0.4, -0.2) is 25.7 Å². The lowest BCUT2D eigenvalue weighted by molar-refractivity contribution is 0.0913. The molecule has 4 rings (SSSR count). The molecule has 27 heavy (non-hydrogen) atoms. The van der Waals surface area contributed by atoms with Gasteiger partial charge in [-0.1, -0.05) is 32.0 Å². The van der Waals surface area contributed by atoms with Crippen molar-refractivity contribution in [3.8, 4) is 10.6 Å². The zero-order chi connectivity index (χ0) is 19.0. The first kappa shape index (κ1) is 17.5. The number of aromatic amines is 1. The minimum atomic E-state index is -0.218. The van der Waals surface area contributed by atoms with Crippen LogP contribution in [0.5, 0.6) is 0 Å². The number of para-hydroxylation sites is 2. The molecule has 0 unspecified atom stereocenters. The van der Waals surface area contributed by atoms with E-state index in [1.54, 1.807) is 23.1 Å². The molecule has 0 bridgehead atoms. The van der Waals surface area contributed by atoms with E-state index in [2.05, 4.69) is 34.2 Å². The first-order valence-corrected chi connectivity index (χ1v) is 9.74. The molecule has 4 aromatic rings. The van der Waals surface area contributed by atoms with Crippen molar-refractivity contribution < 1.29 is 4.79 Å². The number of thiophene rings is 1. The number of imidazole rings is 1. The maximum Gasteiger partial charge on any atom is 0.270 e. The average Bonchev–Trinajstić information content (AvgIpc) is 3.37. The highest BCUT2D eigenvalue weighted by molar-refractivity contribution is 7.13. The predicted octanol–water partition coefficient (Wildman–Crippen LogP) is 4.15. The Balaban J connectivity index is 1.61. The molecule has 0 radical (unpaired) electrons. The van der Waals surface area contributed by atoms with Crippen molar-refractivity contribution in [2.24, 2.45) is 13.0 Å². The molecule has 3 aromatic heterocycles. The van der Waals surface area contributed by atoms with Crippen LogP contribution >= 0.6 is 11.3 Å². The Bertz CT molecular complexity index is 1040. The quantitative estimate of drug-likeness (QED) is 0.547. The number of carbonyl (C=O) groups excluding carboxylic acids is 1. The molecule has 0 aliphatic rings. The third-order valence-corrected chi connectivity index (χ3v) is 5.43. The molecule has 2 N–H and O–H groups in total. The van der Waals surface area contributed by atoms with Gasteiger partial charge in [0.25, 0.3) is 5.91 Å². The van der Waals surface area contributed by atoms with E-state index < -0.39 is 0 Å². The minimum absolute atomic E-state index is 0.160. The van der Waals surface area contributed by atoms with Gasteiger partial charge in [0.15, 0.2) is 0 Å². The molecule has 0 fully saturated rings. The summed E-state index contributed by atoms with van der Waals surface area (Å²) in [5.41, 5.74) is 3.20. The van der Waals surface area contributed by atoms with Crippen LogP contribution in [0.4, 0.5) is 0 Å². The molecule has 3 heterocycles. The summed E-state index contributed by atoms with van der Waals surface area (Å²) in [5, 5.41) is 9.60. The Labute approximate surface area is 161 Å². The Morgan fingerprint density at radius 2 is 2.04 bits per heavy atom. The third kappa shape index (κ3) is 3.38. The van der Waals surface area contributed by atoms with E-state index in [1.165, 1.54) is 0 Å². The van der Waals surface area contributed by atoms with Gasteiger partial charge in [0.05, 0.1) is 22.0 Å². The fourth-order valence-electron chi connectivity index (χ4n) is 3.11. The fraction of sp³-hybridized carbons (Fsp3) is 0.250. The number of hydrogen-bond acceptors (Lipinski definition) is 4. The number of rotatable bonds is 5. The maximum atomic E-state index is 12.9. The van der Waals surface area contributed by atoms with Crippen molar-refractivity contribution >= 4 is 28.3 Å². The fourth-order valence-corrected chi connectivity index (χ4v) is 3.79. The van der Waals surface area contributed by atoms with Crippen molar-refractivity contribution in [2.75, 3.05) is 0 Å². The topological polar surface area (TPSA) is 75.6 Å². The van der Waals surface area contributed by atoms with Crippen LogP contribution in [0.3, 0.4) is 0 Å². The number of nitrogens with one attached hydrogen (secondary N) is 2. The number of fused-ring (bicyclic) bond motifs is 1. The van der Waals surface area contributed by atoms with Crippen LogP contribution in [0.15, 0.2) is 47.8 Å². The minimum Gasteiger partial charge on any atom is -0.341 e. The number of nitrogens with zero attached hydrogens (tertiary/aromatic N) is 3. The van der Waals surface area contributed by atoms with Crippen LogP contribution in [-0.2, 0) is 7.05 Å². The summed E-state index contributed by atoms with van der Waals surface area (Å²) in [5.74, 6) is 0.784. The van der Waals surface area contributed by atoms with Crippen LogP contribution in [0.2, 0.25) is 0 Å². The van der Waals surface area contributed by atoms with Crippen molar-refractivity contribution in [3.05, 3.63) is 59.4 Å². The second-order valence-electron chi connectivity index (χ2n) is 6.85. The summed E-state index contributed by atoms with van der Waals surface area (Å²) in [7, 11) is 1.79. The van der Waals surface area contributed by atoms with E-state index >= 15 is 0 Å². The molecule has 1 amide bonds. The van der Waals surface area contributed by atoms with Gasteiger partial charge in [-0.3, -0.25) is 9.48 Å². The summed E-state index contributed by atoms with van der Waals surface area (Å²) in [6.45, 7) is 4.14. The van der Waals surface area contributed by atoms with Crippen LogP contribution in [0, 0.1) is 5.92 Å². The van der Waals surface area contributed by atoms with Gasteiger partial charge >= 0.3 is 0 Å². The third-order valence-electron chi connectivity index (χ3n) is 4.54. The lowest BCUT2D eigenvalue weighted by Crippen LogP contribution is -2.33. The van der Waals surface area contributed by atoms with Crippen molar-refractivity contribution in [3.63, 3.8) is 0 Å². The summed E-state index contributed by atoms with van der Waals surface area (Å²) in [6, 6.07) is 13.5. The van der Waals surface area contributed by atoms with E-state index in [4.69, 9.17) is 0 Å². The molecule has 0 aliphatic carbocycles. The summed E-state index contributed by atoms with van der Waals surface area (Å²) < 4.78 is 1.63. The van der Waals surface area contributed by atoms with Crippen molar-refractivity contribution in [2.45, 2.75) is 19.9 Å². The Morgan fingerprint density at radius 1 is 1.22 bits per heavy atom. The van der Waals surface area contributed by atoms with E-state index in [0.717, 1.165) is 27.4 Å². The number of amides is 1. The molecule has 1 aromatic carbocycles. The van der Waals surface area contributed by atoms with Gasteiger partial charge in [-0.2, -0.15) is 5.10 Å². The smallest absolute Gasteiger partial charge is 0.270 e. The van der Waals surface area contributed by atoms with Crippen LogP contribution in [0.25, 0.3) is 21.6 Å². The molecular weight excluding hydrogens is 358 g/mol. The summed E-state index contributed by atoms with van der Waals surface area (Å²) >= 11 is 1.61. The van der Waals surface area contributed by atoms with E-state index in [9.17, 15) is 4.79 Å². The lowest BCUT2D eigenvalue weighted by atomic mass is 10.0. The number of aryl methyl sites for hydroxylation is 1. The van der Waals surface area contributed by atoms with Gasteiger partial charge in [-0.25, -0.2) is 4.98 Å². The molecule has 0 saturated carbocycles. The number of aromatic nitrogens is 4. The predicted molar refractivity (Wildman–Crippen MR) is 108 cm³/mol. The average molecular weight is 379 g/mol. The number of carbonyl (C=O) groups is 1. The SMILES string of the molecule is CC(C)[C@@H](NC(=O)c1cc(-c2cccs2)nn1C)c1nc2ccccc2[nH]1. The van der Waals surface area contributed by atoms with Gasteiger partial charge in [-0.15, -0.1) is 11.3 Å². The molecule has 0 spiro atoms. The van der Waals surface area contributed by atoms with E-state index in [0.29, 0.717) is 5.69 Å². The second-order valence-corrected chi connectivity index (χ2v) is 7.80. The zero-order valence-corrected chi connectivity index (χ0v) is 16.2. The standard InChI is InChI=1S/C20H21N5OS/c1-12(2)18(19-21-13-7-4-5-8-14(13)22-19)23-20(26)16-11-15(24-25(16)3)17-9-6-10-27-17/h4-12,18H,1-3H3,(H,21,22)(H,23,26)/t18-/m1/s1. The zero-order valence-electron chi connectivity index (χ0n) is 15.4. The van der Waals surface area contributed by atoms with Crippen LogP contribution in [0.1, 0.15) is 36.2 Å². The first-order valence-electron chi connectivity index (χ1n) is 8.86.